The molecular weight excluding hydrogens is 194 g/mol. The van der Waals surface area contributed by atoms with Crippen LogP contribution in [0.15, 0.2) is 16.9 Å². The molecule has 0 amide bonds. The number of rotatable bonds is 3. The Balaban J connectivity index is 2.37. The molecule has 0 bridgehead atoms. The number of pyridine rings is 1. The SMILES string of the molecule is O=c1ccc2c(n1CC(O)CO)CCC2. The number of aromatic nitrogens is 1. The van der Waals surface area contributed by atoms with Crippen molar-refractivity contribution in [2.45, 2.75) is 31.9 Å². The molecule has 1 aliphatic rings. The number of aryl methyl sites for hydroxylation is 1. The molecule has 2 N–H and O–H groups in total. The van der Waals surface area contributed by atoms with E-state index in [1.54, 1.807) is 4.57 Å². The van der Waals surface area contributed by atoms with E-state index in [2.05, 4.69) is 0 Å². The lowest BCUT2D eigenvalue weighted by Gasteiger charge is -2.14. The Bertz CT molecular complexity index is 411. The minimum atomic E-state index is -0.852. The zero-order valence-electron chi connectivity index (χ0n) is 8.52. The van der Waals surface area contributed by atoms with Gasteiger partial charge in [-0.3, -0.25) is 4.79 Å². The first kappa shape index (κ1) is 10.4. The van der Waals surface area contributed by atoms with Crippen molar-refractivity contribution in [1.82, 2.24) is 4.57 Å². The minimum Gasteiger partial charge on any atom is -0.394 e. The van der Waals surface area contributed by atoms with E-state index in [1.165, 1.54) is 11.6 Å². The summed E-state index contributed by atoms with van der Waals surface area (Å²) in [6.07, 6.45) is 2.11. The van der Waals surface area contributed by atoms with E-state index >= 15 is 0 Å². The topological polar surface area (TPSA) is 62.5 Å². The highest BCUT2D eigenvalue weighted by atomic mass is 16.3. The Hall–Kier alpha value is -1.13. The highest BCUT2D eigenvalue weighted by molar-refractivity contribution is 5.25. The van der Waals surface area contributed by atoms with Crippen molar-refractivity contribution in [3.05, 3.63) is 33.7 Å². The van der Waals surface area contributed by atoms with Crippen molar-refractivity contribution >= 4 is 0 Å². The van der Waals surface area contributed by atoms with Crippen LogP contribution in [-0.4, -0.2) is 27.5 Å². The van der Waals surface area contributed by atoms with E-state index in [4.69, 9.17) is 5.11 Å². The van der Waals surface area contributed by atoms with Gasteiger partial charge in [0.15, 0.2) is 0 Å². The first-order chi connectivity index (χ1) is 7.22. The third-order valence-electron chi connectivity index (χ3n) is 2.85. The van der Waals surface area contributed by atoms with Crippen molar-refractivity contribution in [1.29, 1.82) is 0 Å². The number of hydrogen-bond donors (Lipinski definition) is 2. The number of aliphatic hydroxyl groups is 2. The average molecular weight is 209 g/mol. The zero-order valence-corrected chi connectivity index (χ0v) is 8.52. The molecule has 0 saturated carbocycles. The van der Waals surface area contributed by atoms with E-state index in [0.29, 0.717) is 0 Å². The maximum Gasteiger partial charge on any atom is 0.250 e. The standard InChI is InChI=1S/C11H15NO3/c13-7-9(14)6-12-10-3-1-2-8(10)4-5-11(12)15/h4-5,9,13-14H,1-3,6-7H2. The van der Waals surface area contributed by atoms with Crippen LogP contribution in [0.3, 0.4) is 0 Å². The molecule has 4 heteroatoms. The Labute approximate surface area is 87.8 Å². The summed E-state index contributed by atoms with van der Waals surface area (Å²) in [5.74, 6) is 0. The summed E-state index contributed by atoms with van der Waals surface area (Å²) in [7, 11) is 0. The molecule has 0 radical (unpaired) electrons. The van der Waals surface area contributed by atoms with E-state index in [1.807, 2.05) is 6.07 Å². The summed E-state index contributed by atoms with van der Waals surface area (Å²) in [6.45, 7) is -0.116. The van der Waals surface area contributed by atoms with Crippen molar-refractivity contribution < 1.29 is 10.2 Å². The van der Waals surface area contributed by atoms with Gasteiger partial charge in [-0.15, -0.1) is 0 Å². The van der Waals surface area contributed by atoms with Crippen LogP contribution in [-0.2, 0) is 19.4 Å². The highest BCUT2D eigenvalue weighted by Gasteiger charge is 2.17. The Morgan fingerprint density at radius 3 is 2.93 bits per heavy atom. The molecule has 0 aliphatic heterocycles. The summed E-state index contributed by atoms with van der Waals surface area (Å²) >= 11 is 0. The Kier molecular flexibility index (Phi) is 2.88. The summed E-state index contributed by atoms with van der Waals surface area (Å²) in [5.41, 5.74) is 2.12. The fraction of sp³-hybridized carbons (Fsp3) is 0.545. The summed E-state index contributed by atoms with van der Waals surface area (Å²) < 4.78 is 1.59. The molecule has 15 heavy (non-hydrogen) atoms. The van der Waals surface area contributed by atoms with Crippen molar-refractivity contribution in [2.24, 2.45) is 0 Å². The predicted octanol–water partition coefficient (Wildman–Crippen LogP) is -0.310. The van der Waals surface area contributed by atoms with Crippen LogP contribution < -0.4 is 5.56 Å². The molecule has 82 valence electrons. The van der Waals surface area contributed by atoms with Crippen molar-refractivity contribution in [3.63, 3.8) is 0 Å². The van der Waals surface area contributed by atoms with Crippen LogP contribution >= 0.6 is 0 Å². The molecule has 1 aromatic rings. The zero-order chi connectivity index (χ0) is 10.8. The van der Waals surface area contributed by atoms with Gasteiger partial charge in [0, 0.05) is 11.8 Å². The Morgan fingerprint density at radius 1 is 1.40 bits per heavy atom. The third kappa shape index (κ3) is 1.96. The van der Waals surface area contributed by atoms with Crippen LogP contribution in [0, 0.1) is 0 Å². The Morgan fingerprint density at radius 2 is 2.20 bits per heavy atom. The van der Waals surface area contributed by atoms with E-state index in [0.717, 1.165) is 25.0 Å². The van der Waals surface area contributed by atoms with Crippen molar-refractivity contribution in [2.75, 3.05) is 6.61 Å². The highest BCUT2D eigenvalue weighted by Crippen LogP contribution is 2.19. The summed E-state index contributed by atoms with van der Waals surface area (Å²) in [5, 5.41) is 18.1. The van der Waals surface area contributed by atoms with Crippen LogP contribution in [0.1, 0.15) is 17.7 Å². The molecule has 0 fully saturated rings. The van der Waals surface area contributed by atoms with Crippen molar-refractivity contribution in [3.8, 4) is 0 Å². The molecule has 1 aliphatic carbocycles. The summed E-state index contributed by atoms with van der Waals surface area (Å²) in [6, 6.07) is 3.40. The fourth-order valence-corrected chi connectivity index (χ4v) is 2.10. The smallest absolute Gasteiger partial charge is 0.250 e. The number of aliphatic hydroxyl groups excluding tert-OH is 2. The lowest BCUT2D eigenvalue weighted by Crippen LogP contribution is -2.30. The number of nitrogens with zero attached hydrogens (tertiary/aromatic N) is 1. The molecule has 1 heterocycles. The predicted molar refractivity (Wildman–Crippen MR) is 55.8 cm³/mol. The number of hydrogen-bond acceptors (Lipinski definition) is 3. The van der Waals surface area contributed by atoms with Gasteiger partial charge < -0.3 is 14.8 Å². The maximum atomic E-state index is 11.6. The van der Waals surface area contributed by atoms with Gasteiger partial charge in [0.1, 0.15) is 0 Å². The van der Waals surface area contributed by atoms with Crippen LogP contribution in [0.2, 0.25) is 0 Å². The van der Waals surface area contributed by atoms with Gasteiger partial charge in [0.05, 0.1) is 19.3 Å². The van der Waals surface area contributed by atoms with Gasteiger partial charge in [-0.1, -0.05) is 6.07 Å². The summed E-state index contributed by atoms with van der Waals surface area (Å²) in [4.78, 5) is 11.6. The van der Waals surface area contributed by atoms with Gasteiger partial charge in [0.25, 0.3) is 5.56 Å². The molecule has 4 nitrogen and oxygen atoms in total. The molecule has 0 aromatic carbocycles. The van der Waals surface area contributed by atoms with Crippen LogP contribution in [0.5, 0.6) is 0 Å². The van der Waals surface area contributed by atoms with Crippen LogP contribution in [0.4, 0.5) is 0 Å². The van der Waals surface area contributed by atoms with Gasteiger partial charge in [0.2, 0.25) is 0 Å². The van der Waals surface area contributed by atoms with Crippen LogP contribution in [0.25, 0.3) is 0 Å². The normalized spacial score (nSPS) is 16.4. The van der Waals surface area contributed by atoms with Gasteiger partial charge in [-0.05, 0) is 24.8 Å². The monoisotopic (exact) mass is 209 g/mol. The second kappa shape index (κ2) is 4.16. The lowest BCUT2D eigenvalue weighted by atomic mass is 10.2. The van der Waals surface area contributed by atoms with Gasteiger partial charge >= 0.3 is 0 Å². The molecule has 1 unspecified atom stereocenters. The molecule has 1 atom stereocenters. The fourth-order valence-electron chi connectivity index (χ4n) is 2.10. The third-order valence-corrected chi connectivity index (χ3v) is 2.85. The molecule has 1 aromatic heterocycles. The molecular formula is C11H15NO3. The second-order valence-electron chi connectivity index (χ2n) is 3.94. The van der Waals surface area contributed by atoms with E-state index < -0.39 is 6.10 Å². The molecule has 2 rings (SSSR count). The van der Waals surface area contributed by atoms with E-state index in [9.17, 15) is 9.90 Å². The quantitative estimate of drug-likeness (QED) is 0.718. The van der Waals surface area contributed by atoms with Gasteiger partial charge in [-0.25, -0.2) is 0 Å². The second-order valence-corrected chi connectivity index (χ2v) is 3.94. The first-order valence-corrected chi connectivity index (χ1v) is 5.23. The minimum absolute atomic E-state index is 0.0943. The lowest BCUT2D eigenvalue weighted by molar-refractivity contribution is 0.0797. The van der Waals surface area contributed by atoms with E-state index in [-0.39, 0.29) is 18.7 Å². The molecule has 0 saturated heterocycles. The average Bonchev–Trinajstić information content (AvgIpc) is 2.70. The first-order valence-electron chi connectivity index (χ1n) is 5.23. The maximum absolute atomic E-state index is 11.6. The van der Waals surface area contributed by atoms with Gasteiger partial charge in [-0.2, -0.15) is 0 Å². The molecule has 0 spiro atoms. The largest absolute Gasteiger partial charge is 0.394 e. The number of fused-ring (bicyclic) bond motifs is 1.